The lowest BCUT2D eigenvalue weighted by Crippen LogP contribution is -2.50. The molecule has 1 fully saturated rings. The van der Waals surface area contributed by atoms with Gasteiger partial charge in [0.15, 0.2) is 0 Å². The van der Waals surface area contributed by atoms with Gasteiger partial charge in [0.1, 0.15) is 10.2 Å². The van der Waals surface area contributed by atoms with Gasteiger partial charge < -0.3 is 14.5 Å². The van der Waals surface area contributed by atoms with Crippen molar-refractivity contribution in [3.05, 3.63) is 21.9 Å². The van der Waals surface area contributed by atoms with Crippen LogP contribution in [-0.4, -0.2) is 47.8 Å². The predicted octanol–water partition coefficient (Wildman–Crippen LogP) is 3.55. The Morgan fingerprint density at radius 1 is 1.33 bits per heavy atom. The Labute approximate surface area is 138 Å². The third-order valence-corrected chi connectivity index (χ3v) is 3.88. The van der Waals surface area contributed by atoms with E-state index >= 15 is 0 Å². The minimum Gasteiger partial charge on any atom is -0.444 e. The zero-order chi connectivity index (χ0) is 15.6. The second kappa shape index (κ2) is 6.40. The fourth-order valence-corrected chi connectivity index (χ4v) is 2.71. The molecule has 21 heavy (non-hydrogen) atoms. The van der Waals surface area contributed by atoms with E-state index in [0.29, 0.717) is 18.1 Å². The molecule has 116 valence electrons. The van der Waals surface area contributed by atoms with Gasteiger partial charge >= 0.3 is 6.09 Å². The highest BCUT2D eigenvalue weighted by Crippen LogP contribution is 2.28. The molecule has 1 aromatic rings. The van der Waals surface area contributed by atoms with Crippen LogP contribution in [0.4, 0.5) is 10.5 Å². The SMILES string of the molecule is CC(C)(C)OC(=O)N1CCN(c2cc(Cl)cnc2Br)CC1. The van der Waals surface area contributed by atoms with E-state index in [2.05, 4.69) is 25.8 Å². The molecule has 0 saturated carbocycles. The number of hydrogen-bond donors (Lipinski definition) is 0. The normalized spacial score (nSPS) is 16.0. The number of pyridine rings is 1. The van der Waals surface area contributed by atoms with Crippen LogP contribution in [0.5, 0.6) is 0 Å². The van der Waals surface area contributed by atoms with E-state index in [1.54, 1.807) is 11.1 Å². The number of amides is 1. The van der Waals surface area contributed by atoms with Crippen molar-refractivity contribution in [2.45, 2.75) is 26.4 Å². The molecule has 1 aliphatic heterocycles. The fraction of sp³-hybridized carbons (Fsp3) is 0.571. The lowest BCUT2D eigenvalue weighted by atomic mass is 10.2. The number of anilines is 1. The Hall–Kier alpha value is -1.01. The van der Waals surface area contributed by atoms with Gasteiger partial charge in [-0.2, -0.15) is 0 Å². The molecule has 5 nitrogen and oxygen atoms in total. The number of nitrogens with zero attached hydrogens (tertiary/aromatic N) is 3. The number of ether oxygens (including phenoxy) is 1. The number of halogens is 2. The minimum atomic E-state index is -0.464. The zero-order valence-corrected chi connectivity index (χ0v) is 14.7. The summed E-state index contributed by atoms with van der Waals surface area (Å²) < 4.78 is 6.15. The average Bonchev–Trinajstić information content (AvgIpc) is 2.40. The Morgan fingerprint density at radius 2 is 1.95 bits per heavy atom. The standard InChI is InChI=1S/C14H19BrClN3O2/c1-14(2,3)21-13(20)19-6-4-18(5-7-19)11-8-10(16)9-17-12(11)15/h8-9H,4-7H2,1-3H3. The molecule has 7 heteroatoms. The molecule has 0 unspecified atom stereocenters. The van der Waals surface area contributed by atoms with Crippen LogP contribution in [0.3, 0.4) is 0 Å². The Kier molecular flexibility index (Phi) is 4.99. The van der Waals surface area contributed by atoms with Crippen molar-refractivity contribution in [1.82, 2.24) is 9.88 Å². The molecule has 0 radical (unpaired) electrons. The van der Waals surface area contributed by atoms with Crippen molar-refractivity contribution in [2.75, 3.05) is 31.1 Å². The molecule has 1 aliphatic rings. The van der Waals surface area contributed by atoms with E-state index in [1.807, 2.05) is 26.8 Å². The third kappa shape index (κ3) is 4.48. The highest BCUT2D eigenvalue weighted by molar-refractivity contribution is 9.10. The largest absolute Gasteiger partial charge is 0.444 e. The predicted molar refractivity (Wildman–Crippen MR) is 87.0 cm³/mol. The topological polar surface area (TPSA) is 45.7 Å². The summed E-state index contributed by atoms with van der Waals surface area (Å²) in [5, 5.41) is 0.600. The maximum atomic E-state index is 12.0. The molecule has 1 aromatic heterocycles. The summed E-state index contributed by atoms with van der Waals surface area (Å²) in [5.41, 5.74) is 0.486. The molecule has 1 saturated heterocycles. The molecule has 0 N–H and O–H groups in total. The van der Waals surface area contributed by atoms with Crippen LogP contribution in [0.25, 0.3) is 0 Å². The summed E-state index contributed by atoms with van der Waals surface area (Å²) in [6.45, 7) is 8.29. The Morgan fingerprint density at radius 3 is 2.52 bits per heavy atom. The average molecular weight is 377 g/mol. The molecular formula is C14H19BrClN3O2. The fourth-order valence-electron chi connectivity index (χ4n) is 2.09. The van der Waals surface area contributed by atoms with Gasteiger partial charge in [0, 0.05) is 32.4 Å². The van der Waals surface area contributed by atoms with E-state index < -0.39 is 5.60 Å². The lowest BCUT2D eigenvalue weighted by Gasteiger charge is -2.36. The molecule has 1 amide bonds. The summed E-state index contributed by atoms with van der Waals surface area (Å²) in [4.78, 5) is 20.1. The molecule has 0 aromatic carbocycles. The number of rotatable bonds is 1. The van der Waals surface area contributed by atoms with Gasteiger partial charge in [-0.05, 0) is 42.8 Å². The van der Waals surface area contributed by atoms with Gasteiger partial charge in [-0.3, -0.25) is 0 Å². The summed E-state index contributed by atoms with van der Waals surface area (Å²) in [5.74, 6) is 0. The van der Waals surface area contributed by atoms with Crippen LogP contribution in [0, 0.1) is 0 Å². The van der Waals surface area contributed by atoms with Gasteiger partial charge in [0.05, 0.1) is 10.7 Å². The van der Waals surface area contributed by atoms with E-state index in [4.69, 9.17) is 16.3 Å². The lowest BCUT2D eigenvalue weighted by molar-refractivity contribution is 0.0240. The Balaban J connectivity index is 1.97. The number of carbonyl (C=O) groups is 1. The molecule has 0 spiro atoms. The summed E-state index contributed by atoms with van der Waals surface area (Å²) in [6, 6.07) is 1.88. The third-order valence-electron chi connectivity index (χ3n) is 3.06. The Bertz CT molecular complexity index is 525. The van der Waals surface area contributed by atoms with Crippen molar-refractivity contribution in [3.8, 4) is 0 Å². The van der Waals surface area contributed by atoms with E-state index in [1.165, 1.54) is 0 Å². The van der Waals surface area contributed by atoms with Crippen molar-refractivity contribution in [3.63, 3.8) is 0 Å². The second-order valence-corrected chi connectivity index (χ2v) is 7.11. The monoisotopic (exact) mass is 375 g/mol. The van der Waals surface area contributed by atoms with Gasteiger partial charge in [0.2, 0.25) is 0 Å². The first-order valence-electron chi connectivity index (χ1n) is 6.80. The van der Waals surface area contributed by atoms with Crippen LogP contribution in [0.15, 0.2) is 16.9 Å². The summed E-state index contributed by atoms with van der Waals surface area (Å²) >= 11 is 9.43. The van der Waals surface area contributed by atoms with Crippen molar-refractivity contribution in [1.29, 1.82) is 0 Å². The number of aromatic nitrogens is 1. The number of hydrogen-bond acceptors (Lipinski definition) is 4. The van der Waals surface area contributed by atoms with Crippen LogP contribution >= 0.6 is 27.5 Å². The van der Waals surface area contributed by atoms with E-state index in [9.17, 15) is 4.79 Å². The molecule has 2 rings (SSSR count). The van der Waals surface area contributed by atoms with Gasteiger partial charge in [-0.1, -0.05) is 11.6 Å². The maximum absolute atomic E-state index is 12.0. The molecular weight excluding hydrogens is 358 g/mol. The van der Waals surface area contributed by atoms with Crippen molar-refractivity contribution >= 4 is 39.3 Å². The van der Waals surface area contributed by atoms with Gasteiger partial charge in [-0.25, -0.2) is 9.78 Å². The number of carbonyl (C=O) groups excluding carboxylic acids is 1. The molecule has 0 atom stereocenters. The highest BCUT2D eigenvalue weighted by Gasteiger charge is 2.26. The minimum absolute atomic E-state index is 0.259. The maximum Gasteiger partial charge on any atom is 0.410 e. The summed E-state index contributed by atoms with van der Waals surface area (Å²) in [7, 11) is 0. The first-order chi connectivity index (χ1) is 9.76. The number of piperazine rings is 1. The molecule has 0 bridgehead atoms. The molecule has 0 aliphatic carbocycles. The van der Waals surface area contributed by atoms with Crippen molar-refractivity contribution < 1.29 is 9.53 Å². The van der Waals surface area contributed by atoms with E-state index in [-0.39, 0.29) is 6.09 Å². The van der Waals surface area contributed by atoms with Gasteiger partial charge in [0.25, 0.3) is 0 Å². The highest BCUT2D eigenvalue weighted by atomic mass is 79.9. The van der Waals surface area contributed by atoms with Crippen LogP contribution in [0.1, 0.15) is 20.8 Å². The van der Waals surface area contributed by atoms with Crippen LogP contribution in [0.2, 0.25) is 5.02 Å². The van der Waals surface area contributed by atoms with Crippen LogP contribution in [-0.2, 0) is 4.74 Å². The van der Waals surface area contributed by atoms with Crippen molar-refractivity contribution in [2.24, 2.45) is 0 Å². The van der Waals surface area contributed by atoms with E-state index in [0.717, 1.165) is 23.4 Å². The first kappa shape index (κ1) is 16.4. The molecule has 2 heterocycles. The smallest absolute Gasteiger partial charge is 0.410 e. The second-order valence-electron chi connectivity index (χ2n) is 5.92. The van der Waals surface area contributed by atoms with Gasteiger partial charge in [-0.15, -0.1) is 0 Å². The zero-order valence-electron chi connectivity index (χ0n) is 12.4. The summed E-state index contributed by atoms with van der Waals surface area (Å²) in [6.07, 6.45) is 1.34. The quantitative estimate of drug-likeness (QED) is 0.703. The first-order valence-corrected chi connectivity index (χ1v) is 7.97. The van der Waals surface area contributed by atoms with Crippen LogP contribution < -0.4 is 4.90 Å².